The van der Waals surface area contributed by atoms with E-state index in [2.05, 4.69) is 5.32 Å². The van der Waals surface area contributed by atoms with Gasteiger partial charge in [0.2, 0.25) is 5.91 Å². The van der Waals surface area contributed by atoms with Crippen molar-refractivity contribution in [3.63, 3.8) is 0 Å². The van der Waals surface area contributed by atoms with Gasteiger partial charge in [0.25, 0.3) is 5.91 Å². The van der Waals surface area contributed by atoms with Crippen molar-refractivity contribution < 1.29 is 14.3 Å². The molecule has 1 aromatic carbocycles. The summed E-state index contributed by atoms with van der Waals surface area (Å²) in [5.41, 5.74) is 5.35. The summed E-state index contributed by atoms with van der Waals surface area (Å²) >= 11 is 5.77. The van der Waals surface area contributed by atoms with Crippen LogP contribution in [0.4, 0.5) is 0 Å². The Balaban J connectivity index is 2.92. The Kier molecular flexibility index (Phi) is 4.34. The van der Waals surface area contributed by atoms with Crippen molar-refractivity contribution in [3.05, 3.63) is 28.8 Å². The lowest BCUT2D eigenvalue weighted by Gasteiger charge is -2.12. The molecule has 0 unspecified atom stereocenters. The van der Waals surface area contributed by atoms with E-state index in [1.165, 1.54) is 26.2 Å². The molecule has 0 aliphatic heterocycles. The SMILES string of the molecule is COc1cc(Cl)ccc1C(=O)N[C@H](C)C(N)=O. The number of amides is 2. The van der Waals surface area contributed by atoms with Crippen LogP contribution in [0.15, 0.2) is 18.2 Å². The summed E-state index contributed by atoms with van der Waals surface area (Å²) in [5, 5.41) is 2.91. The van der Waals surface area contributed by atoms with Crippen LogP contribution in [-0.2, 0) is 4.79 Å². The fraction of sp³-hybridized carbons (Fsp3) is 0.273. The molecule has 0 bridgehead atoms. The molecule has 2 amide bonds. The van der Waals surface area contributed by atoms with Gasteiger partial charge in [0.15, 0.2) is 0 Å². The highest BCUT2D eigenvalue weighted by Crippen LogP contribution is 2.22. The monoisotopic (exact) mass is 256 g/mol. The van der Waals surface area contributed by atoms with Gasteiger partial charge in [0.05, 0.1) is 12.7 Å². The van der Waals surface area contributed by atoms with E-state index in [0.717, 1.165) is 0 Å². The smallest absolute Gasteiger partial charge is 0.255 e. The lowest BCUT2D eigenvalue weighted by Crippen LogP contribution is -2.42. The van der Waals surface area contributed by atoms with Crippen LogP contribution in [0.1, 0.15) is 17.3 Å². The predicted octanol–water partition coefficient (Wildman–Crippen LogP) is 0.952. The fourth-order valence-corrected chi connectivity index (χ4v) is 1.36. The summed E-state index contributed by atoms with van der Waals surface area (Å²) in [6.07, 6.45) is 0. The zero-order valence-corrected chi connectivity index (χ0v) is 10.2. The molecule has 0 aliphatic carbocycles. The first-order chi connectivity index (χ1) is 7.95. The zero-order valence-electron chi connectivity index (χ0n) is 9.49. The quantitative estimate of drug-likeness (QED) is 0.842. The van der Waals surface area contributed by atoms with E-state index in [1.54, 1.807) is 6.07 Å². The summed E-state index contributed by atoms with van der Waals surface area (Å²) in [4.78, 5) is 22.6. The van der Waals surface area contributed by atoms with Crippen LogP contribution in [0.3, 0.4) is 0 Å². The molecule has 5 nitrogen and oxygen atoms in total. The molecule has 0 radical (unpaired) electrons. The maximum absolute atomic E-state index is 11.8. The summed E-state index contributed by atoms with van der Waals surface area (Å²) in [6.45, 7) is 1.50. The third-order valence-corrected chi connectivity index (χ3v) is 2.42. The highest BCUT2D eigenvalue weighted by Gasteiger charge is 2.17. The molecule has 0 spiro atoms. The maximum Gasteiger partial charge on any atom is 0.255 e. The van der Waals surface area contributed by atoms with E-state index in [4.69, 9.17) is 22.1 Å². The first-order valence-electron chi connectivity index (χ1n) is 4.89. The van der Waals surface area contributed by atoms with Gasteiger partial charge < -0.3 is 15.8 Å². The molecular weight excluding hydrogens is 244 g/mol. The van der Waals surface area contributed by atoms with Crippen LogP contribution in [0, 0.1) is 0 Å². The number of rotatable bonds is 4. The van der Waals surface area contributed by atoms with Gasteiger partial charge in [-0.2, -0.15) is 0 Å². The number of primary amides is 1. The molecule has 1 aromatic rings. The van der Waals surface area contributed by atoms with Crippen LogP contribution in [0.25, 0.3) is 0 Å². The minimum Gasteiger partial charge on any atom is -0.496 e. The van der Waals surface area contributed by atoms with Crippen molar-refractivity contribution in [2.75, 3.05) is 7.11 Å². The number of ether oxygens (including phenoxy) is 1. The number of nitrogens with two attached hydrogens (primary N) is 1. The zero-order chi connectivity index (χ0) is 13.0. The van der Waals surface area contributed by atoms with Crippen LogP contribution in [-0.4, -0.2) is 25.0 Å². The van der Waals surface area contributed by atoms with Gasteiger partial charge in [0, 0.05) is 5.02 Å². The first kappa shape index (κ1) is 13.3. The standard InChI is InChI=1S/C11H13ClN2O3/c1-6(10(13)15)14-11(16)8-4-3-7(12)5-9(8)17-2/h3-6H,1-2H3,(H2,13,15)(H,14,16)/t6-/m1/s1. The summed E-state index contributed by atoms with van der Waals surface area (Å²) < 4.78 is 5.03. The second kappa shape index (κ2) is 5.54. The van der Waals surface area contributed by atoms with Crippen molar-refractivity contribution in [3.8, 4) is 5.75 Å². The lowest BCUT2D eigenvalue weighted by molar-refractivity contribution is -0.119. The van der Waals surface area contributed by atoms with Crippen LogP contribution in [0.2, 0.25) is 5.02 Å². The summed E-state index contributed by atoms with van der Waals surface area (Å²) in [6, 6.07) is 3.85. The Bertz CT molecular complexity index is 448. The molecule has 6 heteroatoms. The molecule has 0 heterocycles. The Labute approximate surface area is 104 Å². The summed E-state index contributed by atoms with van der Waals surface area (Å²) in [5.74, 6) is -0.706. The Morgan fingerprint density at radius 1 is 1.47 bits per heavy atom. The van der Waals surface area contributed by atoms with Crippen molar-refractivity contribution in [2.45, 2.75) is 13.0 Å². The number of carbonyl (C=O) groups is 2. The number of methoxy groups -OCH3 is 1. The summed E-state index contributed by atoms with van der Waals surface area (Å²) in [7, 11) is 1.43. The van der Waals surface area contributed by atoms with E-state index in [-0.39, 0.29) is 0 Å². The highest BCUT2D eigenvalue weighted by molar-refractivity contribution is 6.30. The molecule has 1 atom stereocenters. The number of carbonyl (C=O) groups excluding carboxylic acids is 2. The van der Waals surface area contributed by atoms with Crippen LogP contribution < -0.4 is 15.8 Å². The third-order valence-electron chi connectivity index (χ3n) is 2.18. The normalized spacial score (nSPS) is 11.7. The number of hydrogen-bond acceptors (Lipinski definition) is 3. The molecule has 0 saturated heterocycles. The van der Waals surface area contributed by atoms with Gasteiger partial charge in [-0.15, -0.1) is 0 Å². The third kappa shape index (κ3) is 3.35. The average molecular weight is 257 g/mol. The van der Waals surface area contributed by atoms with Gasteiger partial charge in [-0.3, -0.25) is 9.59 Å². The van der Waals surface area contributed by atoms with E-state index < -0.39 is 17.9 Å². The van der Waals surface area contributed by atoms with Gasteiger partial charge in [0.1, 0.15) is 11.8 Å². The number of halogens is 1. The molecule has 3 N–H and O–H groups in total. The molecule has 92 valence electrons. The molecule has 17 heavy (non-hydrogen) atoms. The van der Waals surface area contributed by atoms with E-state index in [0.29, 0.717) is 16.3 Å². The van der Waals surface area contributed by atoms with Crippen molar-refractivity contribution in [1.82, 2.24) is 5.32 Å². The molecule has 0 aromatic heterocycles. The molecule has 1 rings (SSSR count). The lowest BCUT2D eigenvalue weighted by atomic mass is 10.1. The predicted molar refractivity (Wildman–Crippen MR) is 64.1 cm³/mol. The average Bonchev–Trinajstić information content (AvgIpc) is 2.28. The number of nitrogens with one attached hydrogen (secondary N) is 1. The topological polar surface area (TPSA) is 81.4 Å². The second-order valence-corrected chi connectivity index (χ2v) is 3.88. The second-order valence-electron chi connectivity index (χ2n) is 3.44. The van der Waals surface area contributed by atoms with E-state index in [1.807, 2.05) is 0 Å². The number of hydrogen-bond donors (Lipinski definition) is 2. The minimum atomic E-state index is -0.747. The molecule has 0 aliphatic rings. The van der Waals surface area contributed by atoms with Crippen molar-refractivity contribution in [2.24, 2.45) is 5.73 Å². The molecule has 0 saturated carbocycles. The Morgan fingerprint density at radius 2 is 2.12 bits per heavy atom. The fourth-order valence-electron chi connectivity index (χ4n) is 1.20. The van der Waals surface area contributed by atoms with E-state index in [9.17, 15) is 9.59 Å². The number of benzene rings is 1. The largest absolute Gasteiger partial charge is 0.496 e. The first-order valence-corrected chi connectivity index (χ1v) is 5.27. The van der Waals surface area contributed by atoms with Gasteiger partial charge in [-0.25, -0.2) is 0 Å². The van der Waals surface area contributed by atoms with Gasteiger partial charge >= 0.3 is 0 Å². The maximum atomic E-state index is 11.8. The van der Waals surface area contributed by atoms with Gasteiger partial charge in [-0.1, -0.05) is 11.6 Å². The Hall–Kier alpha value is -1.75. The highest BCUT2D eigenvalue weighted by atomic mass is 35.5. The Morgan fingerprint density at radius 3 is 2.65 bits per heavy atom. The van der Waals surface area contributed by atoms with Gasteiger partial charge in [-0.05, 0) is 25.1 Å². The van der Waals surface area contributed by atoms with E-state index >= 15 is 0 Å². The molecule has 0 fully saturated rings. The van der Waals surface area contributed by atoms with Crippen molar-refractivity contribution >= 4 is 23.4 Å². The van der Waals surface area contributed by atoms with Crippen LogP contribution in [0.5, 0.6) is 5.75 Å². The minimum absolute atomic E-state index is 0.296. The van der Waals surface area contributed by atoms with Crippen LogP contribution >= 0.6 is 11.6 Å². The molecular formula is C11H13ClN2O3. The van der Waals surface area contributed by atoms with Crippen molar-refractivity contribution in [1.29, 1.82) is 0 Å².